The van der Waals surface area contributed by atoms with Crippen LogP contribution in [0.4, 0.5) is 26.3 Å². The van der Waals surface area contributed by atoms with Crippen LogP contribution in [-0.2, 0) is 18.3 Å². The summed E-state index contributed by atoms with van der Waals surface area (Å²) in [6, 6.07) is 5.94. The lowest BCUT2D eigenvalue weighted by Crippen LogP contribution is -2.56. The number of likely N-dealkylation sites (tertiary alicyclic amines) is 1. The van der Waals surface area contributed by atoms with Gasteiger partial charge in [-0.25, -0.2) is 0 Å². The Morgan fingerprint density at radius 1 is 0.946 bits per heavy atom. The van der Waals surface area contributed by atoms with Crippen molar-refractivity contribution in [1.82, 2.24) is 14.4 Å². The molecule has 12 heteroatoms. The van der Waals surface area contributed by atoms with E-state index >= 15 is 0 Å². The van der Waals surface area contributed by atoms with Crippen molar-refractivity contribution in [2.75, 3.05) is 26.7 Å². The smallest absolute Gasteiger partial charge is 0.456 e. The number of Topliss-reactive ketones (excluding diaryl/α,β-unsaturated/α-hetero) is 1. The minimum absolute atomic E-state index is 0.127. The number of halogens is 6. The zero-order valence-corrected chi connectivity index (χ0v) is 20.5. The van der Waals surface area contributed by atoms with E-state index in [1.165, 1.54) is 27.7 Å². The van der Waals surface area contributed by atoms with Gasteiger partial charge >= 0.3 is 12.4 Å². The highest BCUT2D eigenvalue weighted by atomic mass is 19.4. The van der Waals surface area contributed by atoms with Crippen molar-refractivity contribution >= 4 is 11.7 Å². The van der Waals surface area contributed by atoms with Gasteiger partial charge in [0.25, 0.3) is 11.7 Å². The van der Waals surface area contributed by atoms with Gasteiger partial charge in [-0.15, -0.1) is 0 Å². The quantitative estimate of drug-likeness (QED) is 0.406. The average Bonchev–Trinajstić information content (AvgIpc) is 3.24. The van der Waals surface area contributed by atoms with Crippen molar-refractivity contribution in [1.29, 1.82) is 0 Å². The molecule has 202 valence electrons. The SMILES string of the molecule is CC(C)Oc1ccc(C(=O)N2CCC3(CC2)c2ccc(C(=O)C(F)(F)F)n2CCN3C)cc1C(F)(F)F. The lowest BCUT2D eigenvalue weighted by molar-refractivity contribution is -0.139. The minimum atomic E-state index is -4.99. The third kappa shape index (κ3) is 4.95. The van der Waals surface area contributed by atoms with Crippen LogP contribution in [0, 0.1) is 0 Å². The van der Waals surface area contributed by atoms with Gasteiger partial charge in [-0.05, 0) is 64.1 Å². The number of nitrogens with zero attached hydrogens (tertiary/aromatic N) is 3. The average molecular weight is 531 g/mol. The highest BCUT2D eigenvalue weighted by Gasteiger charge is 2.48. The number of hydrogen-bond donors (Lipinski definition) is 0. The Morgan fingerprint density at radius 2 is 1.59 bits per heavy atom. The number of amides is 1. The molecule has 1 saturated heterocycles. The van der Waals surface area contributed by atoms with Crippen LogP contribution in [0.5, 0.6) is 5.75 Å². The van der Waals surface area contributed by atoms with Crippen LogP contribution in [0.3, 0.4) is 0 Å². The second kappa shape index (κ2) is 9.38. The topological polar surface area (TPSA) is 54.8 Å². The zero-order valence-electron chi connectivity index (χ0n) is 20.5. The predicted molar refractivity (Wildman–Crippen MR) is 121 cm³/mol. The van der Waals surface area contributed by atoms with Crippen LogP contribution in [-0.4, -0.2) is 65.0 Å². The number of rotatable bonds is 4. The number of carbonyl (C=O) groups excluding carboxylic acids is 2. The molecule has 37 heavy (non-hydrogen) atoms. The first kappa shape index (κ1) is 27.0. The molecule has 2 aliphatic heterocycles. The minimum Gasteiger partial charge on any atom is -0.490 e. The molecule has 0 aliphatic carbocycles. The summed E-state index contributed by atoms with van der Waals surface area (Å²) < 4.78 is 86.8. The maximum absolute atomic E-state index is 13.6. The van der Waals surface area contributed by atoms with Crippen molar-refractivity contribution < 1.29 is 40.7 Å². The first-order chi connectivity index (χ1) is 17.1. The third-order valence-corrected chi connectivity index (χ3v) is 7.11. The van der Waals surface area contributed by atoms with Gasteiger partial charge in [0.15, 0.2) is 0 Å². The molecule has 2 aliphatic rings. The summed E-state index contributed by atoms with van der Waals surface area (Å²) in [6.07, 6.45) is -9.50. The third-order valence-electron chi connectivity index (χ3n) is 7.11. The van der Waals surface area contributed by atoms with E-state index in [1.807, 2.05) is 11.9 Å². The summed E-state index contributed by atoms with van der Waals surface area (Å²) in [4.78, 5) is 28.5. The molecule has 3 heterocycles. The van der Waals surface area contributed by atoms with Gasteiger partial charge < -0.3 is 14.2 Å². The molecular formula is C25H27F6N3O3. The molecule has 0 N–H and O–H groups in total. The molecule has 6 nitrogen and oxygen atoms in total. The fraction of sp³-hybridized carbons (Fsp3) is 0.520. The summed E-state index contributed by atoms with van der Waals surface area (Å²) in [6.45, 7) is 4.18. The van der Waals surface area contributed by atoms with Gasteiger partial charge in [0, 0.05) is 37.4 Å². The number of aromatic nitrogens is 1. The van der Waals surface area contributed by atoms with Crippen LogP contribution in [0.15, 0.2) is 30.3 Å². The number of piperidine rings is 1. The molecule has 0 unspecified atom stereocenters. The standard InChI is InChI=1S/C25H27F6N3O3/c1-15(2)37-19-6-4-16(14-17(19)24(26,27)28)22(36)33-10-8-23(9-11-33)20-7-5-18(21(35)25(29,30)31)34(20)13-12-32(23)3/h4-7,14-15H,8-13H2,1-3H3. The van der Waals surface area contributed by atoms with Crippen LogP contribution in [0.25, 0.3) is 0 Å². The zero-order chi connectivity index (χ0) is 27.3. The number of alkyl halides is 6. The molecule has 1 amide bonds. The van der Waals surface area contributed by atoms with Crippen molar-refractivity contribution in [3.05, 3.63) is 52.8 Å². The molecule has 0 bridgehead atoms. The van der Waals surface area contributed by atoms with Crippen LogP contribution < -0.4 is 4.74 Å². The van der Waals surface area contributed by atoms with Crippen molar-refractivity contribution in [3.8, 4) is 5.75 Å². The maximum atomic E-state index is 13.6. The Balaban J connectivity index is 1.57. The molecular weight excluding hydrogens is 504 g/mol. The number of ketones is 1. The lowest BCUT2D eigenvalue weighted by Gasteiger charge is -2.50. The molecule has 0 saturated carbocycles. The van der Waals surface area contributed by atoms with E-state index in [0.29, 0.717) is 25.1 Å². The van der Waals surface area contributed by atoms with E-state index in [4.69, 9.17) is 4.74 Å². The van der Waals surface area contributed by atoms with Gasteiger partial charge in [0.2, 0.25) is 0 Å². The maximum Gasteiger partial charge on any atom is 0.456 e. The largest absolute Gasteiger partial charge is 0.490 e. The number of fused-ring (bicyclic) bond motifs is 2. The fourth-order valence-electron chi connectivity index (χ4n) is 5.26. The van der Waals surface area contributed by atoms with Gasteiger partial charge in [-0.2, -0.15) is 26.3 Å². The normalized spacial score (nSPS) is 18.3. The molecule has 1 aromatic carbocycles. The highest BCUT2D eigenvalue weighted by molar-refractivity contribution is 5.99. The summed E-state index contributed by atoms with van der Waals surface area (Å²) in [5.74, 6) is -2.83. The van der Waals surface area contributed by atoms with Crippen molar-refractivity contribution in [3.63, 3.8) is 0 Å². The highest BCUT2D eigenvalue weighted by Crippen LogP contribution is 2.43. The van der Waals surface area contributed by atoms with Gasteiger partial charge in [0.1, 0.15) is 5.75 Å². The van der Waals surface area contributed by atoms with Crippen LogP contribution in [0.1, 0.15) is 58.8 Å². The number of likely N-dealkylation sites (N-methyl/N-ethyl adjacent to an activating group) is 1. The Morgan fingerprint density at radius 3 is 2.16 bits per heavy atom. The van der Waals surface area contributed by atoms with E-state index in [0.717, 1.165) is 12.1 Å². The first-order valence-electron chi connectivity index (χ1n) is 11.8. The molecule has 0 radical (unpaired) electrons. The van der Waals surface area contributed by atoms with Gasteiger partial charge in [-0.3, -0.25) is 14.5 Å². The Kier molecular flexibility index (Phi) is 6.85. The van der Waals surface area contributed by atoms with Gasteiger partial charge in [-0.1, -0.05) is 0 Å². The van der Waals surface area contributed by atoms with Crippen LogP contribution in [0.2, 0.25) is 0 Å². The second-order valence-corrected chi connectivity index (χ2v) is 9.70. The van der Waals surface area contributed by atoms with Crippen LogP contribution >= 0.6 is 0 Å². The number of ether oxygens (including phenoxy) is 1. The monoisotopic (exact) mass is 531 g/mol. The number of carbonyl (C=O) groups is 2. The Bertz CT molecular complexity index is 1190. The number of benzene rings is 1. The van der Waals surface area contributed by atoms with E-state index in [1.54, 1.807) is 13.8 Å². The van der Waals surface area contributed by atoms with Gasteiger partial charge in [0.05, 0.1) is 22.9 Å². The summed E-state index contributed by atoms with van der Waals surface area (Å²) in [5.41, 5.74) is -1.72. The molecule has 1 aromatic heterocycles. The summed E-state index contributed by atoms with van der Waals surface area (Å²) >= 11 is 0. The molecule has 4 rings (SSSR count). The molecule has 1 fully saturated rings. The summed E-state index contributed by atoms with van der Waals surface area (Å²) in [7, 11) is 1.84. The Hall–Kier alpha value is -3.02. The predicted octanol–water partition coefficient (Wildman–Crippen LogP) is 5.12. The fourth-order valence-corrected chi connectivity index (χ4v) is 5.26. The summed E-state index contributed by atoms with van der Waals surface area (Å²) in [5, 5.41) is 0. The molecule has 0 atom stereocenters. The Labute approximate surface area is 209 Å². The second-order valence-electron chi connectivity index (χ2n) is 9.70. The molecule has 2 aromatic rings. The lowest BCUT2D eigenvalue weighted by atomic mass is 9.81. The van der Waals surface area contributed by atoms with Crippen molar-refractivity contribution in [2.24, 2.45) is 0 Å². The van der Waals surface area contributed by atoms with E-state index in [2.05, 4.69) is 0 Å². The van der Waals surface area contributed by atoms with E-state index in [9.17, 15) is 35.9 Å². The van der Waals surface area contributed by atoms with E-state index in [-0.39, 0.29) is 30.9 Å². The van der Waals surface area contributed by atoms with E-state index < -0.39 is 46.9 Å². The molecule has 1 spiro atoms. The van der Waals surface area contributed by atoms with Crippen molar-refractivity contribution in [2.45, 2.75) is 57.2 Å². The number of hydrogen-bond acceptors (Lipinski definition) is 4. The first-order valence-corrected chi connectivity index (χ1v) is 11.8.